The summed E-state index contributed by atoms with van der Waals surface area (Å²) < 4.78 is 0. The minimum Gasteiger partial charge on any atom is -0.333 e. The van der Waals surface area contributed by atoms with Crippen LogP contribution in [-0.2, 0) is 11.2 Å². The summed E-state index contributed by atoms with van der Waals surface area (Å²) in [5.74, 6) is 0.209. The largest absolute Gasteiger partial charge is 0.333 e. The zero-order valence-electron chi connectivity index (χ0n) is 14.5. The third-order valence-corrected chi connectivity index (χ3v) is 4.81. The molecule has 0 aromatic heterocycles. The van der Waals surface area contributed by atoms with E-state index >= 15 is 0 Å². The van der Waals surface area contributed by atoms with Crippen LogP contribution in [0.15, 0.2) is 54.6 Å². The van der Waals surface area contributed by atoms with Gasteiger partial charge in [0.25, 0.3) is 5.91 Å². The maximum absolute atomic E-state index is 12.6. The lowest BCUT2D eigenvalue weighted by Crippen LogP contribution is -3.09. The molecule has 1 amide bonds. The summed E-state index contributed by atoms with van der Waals surface area (Å²) in [5, 5.41) is 2.15. The van der Waals surface area contributed by atoms with Gasteiger partial charge in [-0.1, -0.05) is 48.5 Å². The number of carbonyl (C=O) groups excluding carboxylic acids is 1. The molecule has 0 bridgehead atoms. The molecule has 1 heterocycles. The Morgan fingerprint density at radius 1 is 1.12 bits per heavy atom. The molecule has 1 aliphatic heterocycles. The van der Waals surface area contributed by atoms with E-state index in [1.165, 1.54) is 16.0 Å². The first-order valence-corrected chi connectivity index (χ1v) is 8.71. The maximum atomic E-state index is 12.6. The fraction of sp³-hybridized carbons (Fsp3) is 0.350. The molecule has 2 aromatic rings. The highest BCUT2D eigenvalue weighted by Crippen LogP contribution is 2.26. The Hall–Kier alpha value is -2.17. The first-order valence-electron chi connectivity index (χ1n) is 8.71. The smallest absolute Gasteiger partial charge is 0.282 e. The van der Waals surface area contributed by atoms with Gasteiger partial charge < -0.3 is 15.1 Å². The monoisotopic (exact) mass is 325 g/mol. The fourth-order valence-electron chi connectivity index (χ4n) is 3.47. The highest BCUT2D eigenvalue weighted by molar-refractivity contribution is 5.96. The number of fused-ring (bicyclic) bond motifs is 1. The molecule has 0 fully saturated rings. The summed E-state index contributed by atoms with van der Waals surface area (Å²) in [6, 6.07) is 19.2. The van der Waals surface area contributed by atoms with Crippen LogP contribution in [0.25, 0.3) is 0 Å². The molecular weight excluding hydrogens is 298 g/mol. The van der Waals surface area contributed by atoms with Crippen molar-refractivity contribution in [1.29, 1.82) is 0 Å². The molecule has 1 atom stereocenters. The van der Waals surface area contributed by atoms with Crippen LogP contribution in [0.2, 0.25) is 0 Å². The minimum atomic E-state index is 0.209. The summed E-state index contributed by atoms with van der Waals surface area (Å²) in [7, 11) is 4.34. The number of para-hydroxylation sites is 1. The van der Waals surface area contributed by atoms with Gasteiger partial charge in [-0.25, -0.2) is 0 Å². The summed E-state index contributed by atoms with van der Waals surface area (Å²) >= 11 is 0. The lowest BCUT2D eigenvalue weighted by atomic mass is 10.1. The van der Waals surface area contributed by atoms with Crippen LogP contribution in [0.5, 0.6) is 0 Å². The van der Waals surface area contributed by atoms with Crippen molar-refractivity contribution in [2.24, 2.45) is 0 Å². The summed E-state index contributed by atoms with van der Waals surface area (Å²) in [6.45, 7) is 2.23. The predicted molar refractivity (Wildman–Crippen MR) is 96.2 cm³/mol. The summed E-state index contributed by atoms with van der Waals surface area (Å²) in [6.07, 6.45) is 0.969. The zero-order chi connectivity index (χ0) is 16.9. The number of nitrogens with one attached hydrogen (secondary N) is 1. The average molecular weight is 325 g/mol. The van der Waals surface area contributed by atoms with Crippen molar-refractivity contribution in [2.75, 3.05) is 38.6 Å². The number of amides is 1. The predicted octanol–water partition coefficient (Wildman–Crippen LogP) is 0.0249. The van der Waals surface area contributed by atoms with Crippen molar-refractivity contribution < 1.29 is 15.0 Å². The Morgan fingerprint density at radius 2 is 1.83 bits per heavy atom. The highest BCUT2D eigenvalue weighted by Gasteiger charge is 2.26. The van der Waals surface area contributed by atoms with E-state index in [2.05, 4.69) is 55.8 Å². The van der Waals surface area contributed by atoms with Crippen molar-refractivity contribution in [3.05, 3.63) is 65.7 Å². The Balaban J connectivity index is 1.57. The first-order chi connectivity index (χ1) is 11.7. The molecule has 126 valence electrons. The maximum Gasteiger partial charge on any atom is 0.282 e. The van der Waals surface area contributed by atoms with Crippen LogP contribution in [0, 0.1) is 0 Å². The van der Waals surface area contributed by atoms with Crippen LogP contribution in [0.1, 0.15) is 17.2 Å². The molecule has 2 aromatic carbocycles. The number of rotatable bonds is 6. The SMILES string of the molecule is C[NH+](C)[C@@H](C[NH2+]CC(=O)N1CCc2ccccc21)c1ccccc1. The molecule has 0 saturated carbocycles. The number of likely N-dealkylation sites (N-methyl/N-ethyl adjacent to an activating group) is 1. The van der Waals surface area contributed by atoms with Gasteiger partial charge in [-0.15, -0.1) is 0 Å². The van der Waals surface area contributed by atoms with Crippen molar-refractivity contribution in [2.45, 2.75) is 12.5 Å². The van der Waals surface area contributed by atoms with Gasteiger partial charge in [0.15, 0.2) is 12.6 Å². The molecule has 3 N–H and O–H groups in total. The minimum absolute atomic E-state index is 0.209. The molecule has 4 heteroatoms. The normalized spacial score (nSPS) is 14.7. The number of hydrogen-bond acceptors (Lipinski definition) is 1. The van der Waals surface area contributed by atoms with Crippen LogP contribution in [0.3, 0.4) is 0 Å². The number of anilines is 1. The number of quaternary nitrogens is 2. The molecule has 0 radical (unpaired) electrons. The quantitative estimate of drug-likeness (QED) is 0.773. The van der Waals surface area contributed by atoms with E-state index in [9.17, 15) is 4.79 Å². The van der Waals surface area contributed by atoms with Crippen molar-refractivity contribution in [3.8, 4) is 0 Å². The Bertz CT molecular complexity index is 684. The van der Waals surface area contributed by atoms with E-state index in [-0.39, 0.29) is 5.91 Å². The topological polar surface area (TPSA) is 41.4 Å². The third kappa shape index (κ3) is 3.66. The highest BCUT2D eigenvalue weighted by atomic mass is 16.2. The molecule has 0 saturated heterocycles. The van der Waals surface area contributed by atoms with Crippen molar-refractivity contribution in [3.63, 3.8) is 0 Å². The van der Waals surface area contributed by atoms with Crippen LogP contribution in [0.4, 0.5) is 5.69 Å². The Morgan fingerprint density at radius 3 is 2.58 bits per heavy atom. The molecule has 1 aliphatic rings. The molecule has 0 unspecified atom stereocenters. The van der Waals surface area contributed by atoms with Gasteiger partial charge in [-0.2, -0.15) is 0 Å². The standard InChI is InChI=1S/C20H25N3O/c1-22(2)19(16-8-4-3-5-9-16)14-21-15-20(24)23-13-12-17-10-6-7-11-18(17)23/h3-11,19,21H,12-15H2,1-2H3/p+2/t19-/m0/s1. The second-order valence-electron chi connectivity index (χ2n) is 6.69. The summed E-state index contributed by atoms with van der Waals surface area (Å²) in [4.78, 5) is 15.9. The van der Waals surface area contributed by atoms with E-state index in [4.69, 9.17) is 0 Å². The van der Waals surface area contributed by atoms with Gasteiger partial charge in [-0.3, -0.25) is 4.79 Å². The molecule has 4 nitrogen and oxygen atoms in total. The van der Waals surface area contributed by atoms with E-state index in [1.807, 2.05) is 23.1 Å². The molecular formula is C20H27N3O+2. The molecule has 24 heavy (non-hydrogen) atoms. The van der Waals surface area contributed by atoms with Gasteiger partial charge in [0, 0.05) is 17.8 Å². The van der Waals surface area contributed by atoms with Gasteiger partial charge in [0.1, 0.15) is 6.54 Å². The number of nitrogens with zero attached hydrogens (tertiary/aromatic N) is 1. The average Bonchev–Trinajstić information content (AvgIpc) is 3.03. The van der Waals surface area contributed by atoms with E-state index in [1.54, 1.807) is 0 Å². The van der Waals surface area contributed by atoms with Gasteiger partial charge in [0.2, 0.25) is 0 Å². The van der Waals surface area contributed by atoms with E-state index in [0.717, 1.165) is 25.2 Å². The lowest BCUT2D eigenvalue weighted by molar-refractivity contribution is -0.908. The first kappa shape index (κ1) is 16.7. The van der Waals surface area contributed by atoms with Crippen LogP contribution < -0.4 is 15.1 Å². The van der Waals surface area contributed by atoms with Crippen molar-refractivity contribution >= 4 is 11.6 Å². The number of carbonyl (C=O) groups is 1. The number of hydrogen-bond donors (Lipinski definition) is 2. The van der Waals surface area contributed by atoms with Crippen molar-refractivity contribution in [1.82, 2.24) is 0 Å². The molecule has 0 spiro atoms. The number of nitrogens with two attached hydrogens (primary N) is 1. The lowest BCUT2D eigenvalue weighted by Gasteiger charge is -2.21. The molecule has 0 aliphatic carbocycles. The second kappa shape index (κ2) is 7.60. The summed E-state index contributed by atoms with van der Waals surface area (Å²) in [5.41, 5.74) is 3.70. The van der Waals surface area contributed by atoms with E-state index in [0.29, 0.717) is 12.6 Å². The Labute approximate surface area is 144 Å². The van der Waals surface area contributed by atoms with E-state index < -0.39 is 0 Å². The molecule has 3 rings (SSSR count). The van der Waals surface area contributed by atoms with Crippen LogP contribution in [-0.4, -0.2) is 39.6 Å². The number of benzene rings is 2. The third-order valence-electron chi connectivity index (χ3n) is 4.81. The fourth-order valence-corrected chi connectivity index (χ4v) is 3.47. The van der Waals surface area contributed by atoms with Gasteiger partial charge in [-0.05, 0) is 18.1 Å². The van der Waals surface area contributed by atoms with Crippen LogP contribution >= 0.6 is 0 Å². The van der Waals surface area contributed by atoms with Gasteiger partial charge >= 0.3 is 0 Å². The second-order valence-corrected chi connectivity index (χ2v) is 6.69. The zero-order valence-corrected chi connectivity index (χ0v) is 14.5. The van der Waals surface area contributed by atoms with Gasteiger partial charge in [0.05, 0.1) is 14.1 Å². The Kier molecular flexibility index (Phi) is 5.28.